The molecule has 0 aromatic heterocycles. The number of phenols is 2. The van der Waals surface area contributed by atoms with E-state index in [2.05, 4.69) is 79.7 Å². The van der Waals surface area contributed by atoms with Gasteiger partial charge in [-0.2, -0.15) is 0 Å². The third-order valence-corrected chi connectivity index (χ3v) is 7.89. The maximum atomic E-state index is 10.9. The SMILES string of the molecule is CC(C)Cc1cc(CC(C)C)c(O)c(SCCSc2cc(CC(C)C)cc(CC(C)C)c2O)c1. The van der Waals surface area contributed by atoms with Crippen LogP contribution in [0.1, 0.15) is 77.6 Å². The molecule has 2 aromatic carbocycles. The normalized spacial score (nSPS) is 12.0. The number of phenolic OH excluding ortho intramolecular Hbond substituents is 2. The van der Waals surface area contributed by atoms with Crippen molar-refractivity contribution in [3.63, 3.8) is 0 Å². The molecule has 0 saturated heterocycles. The molecule has 0 aliphatic heterocycles. The van der Waals surface area contributed by atoms with Gasteiger partial charge in [-0.05, 0) is 83.7 Å². The summed E-state index contributed by atoms with van der Waals surface area (Å²) < 4.78 is 0. The summed E-state index contributed by atoms with van der Waals surface area (Å²) >= 11 is 3.46. The first-order valence-electron chi connectivity index (χ1n) is 12.9. The van der Waals surface area contributed by atoms with Crippen molar-refractivity contribution in [3.05, 3.63) is 46.5 Å². The Labute approximate surface area is 217 Å². The Hall–Kier alpha value is -1.26. The zero-order chi connectivity index (χ0) is 25.4. The molecule has 0 radical (unpaired) electrons. The van der Waals surface area contributed by atoms with E-state index in [0.717, 1.165) is 58.1 Å². The summed E-state index contributed by atoms with van der Waals surface area (Å²) in [5.41, 5.74) is 4.77. The van der Waals surface area contributed by atoms with Crippen LogP contribution in [-0.2, 0) is 25.7 Å². The smallest absolute Gasteiger partial charge is 0.132 e. The molecule has 0 spiro atoms. The predicted molar refractivity (Wildman–Crippen MR) is 152 cm³/mol. The number of aromatic hydroxyl groups is 2. The van der Waals surface area contributed by atoms with Crippen molar-refractivity contribution in [2.24, 2.45) is 23.7 Å². The highest BCUT2D eigenvalue weighted by Crippen LogP contribution is 2.38. The van der Waals surface area contributed by atoms with E-state index < -0.39 is 0 Å². The van der Waals surface area contributed by atoms with E-state index in [1.807, 2.05) is 0 Å². The number of hydrogen-bond acceptors (Lipinski definition) is 4. The Bertz CT molecular complexity index is 841. The lowest BCUT2D eigenvalue weighted by Gasteiger charge is -2.16. The number of thioether (sulfide) groups is 2. The Morgan fingerprint density at radius 1 is 0.529 bits per heavy atom. The quantitative estimate of drug-likeness (QED) is 0.212. The molecule has 2 aromatic rings. The van der Waals surface area contributed by atoms with Gasteiger partial charge in [0.1, 0.15) is 11.5 Å². The minimum atomic E-state index is 0.456. The van der Waals surface area contributed by atoms with Gasteiger partial charge in [-0.3, -0.25) is 0 Å². The van der Waals surface area contributed by atoms with Crippen LogP contribution in [-0.4, -0.2) is 21.7 Å². The molecular formula is C30H46O2S2. The van der Waals surface area contributed by atoms with Gasteiger partial charge >= 0.3 is 0 Å². The second-order valence-corrected chi connectivity index (χ2v) is 13.6. The summed E-state index contributed by atoms with van der Waals surface area (Å²) in [6.45, 7) is 17.8. The Morgan fingerprint density at radius 2 is 0.853 bits per heavy atom. The monoisotopic (exact) mass is 502 g/mol. The summed E-state index contributed by atoms with van der Waals surface area (Å²) in [6, 6.07) is 8.75. The highest BCUT2D eigenvalue weighted by Gasteiger charge is 2.15. The van der Waals surface area contributed by atoms with E-state index in [-0.39, 0.29) is 0 Å². The zero-order valence-electron chi connectivity index (χ0n) is 22.6. The molecule has 0 heterocycles. The van der Waals surface area contributed by atoms with Crippen molar-refractivity contribution >= 4 is 23.5 Å². The molecule has 2 nitrogen and oxygen atoms in total. The van der Waals surface area contributed by atoms with Gasteiger partial charge in [-0.15, -0.1) is 23.5 Å². The number of benzene rings is 2. The van der Waals surface area contributed by atoms with E-state index in [1.54, 1.807) is 23.5 Å². The van der Waals surface area contributed by atoms with Crippen molar-refractivity contribution < 1.29 is 10.2 Å². The molecule has 0 atom stereocenters. The molecule has 190 valence electrons. The van der Waals surface area contributed by atoms with Crippen molar-refractivity contribution in [3.8, 4) is 11.5 Å². The molecule has 0 saturated carbocycles. The van der Waals surface area contributed by atoms with Gasteiger partial charge in [-0.1, -0.05) is 67.5 Å². The molecule has 34 heavy (non-hydrogen) atoms. The summed E-state index contributed by atoms with van der Waals surface area (Å²) in [5.74, 6) is 4.88. The molecule has 0 amide bonds. The summed E-state index contributed by atoms with van der Waals surface area (Å²) in [7, 11) is 0. The molecular weight excluding hydrogens is 456 g/mol. The molecule has 0 unspecified atom stereocenters. The summed E-state index contributed by atoms with van der Waals surface area (Å²) in [5, 5.41) is 21.9. The van der Waals surface area contributed by atoms with E-state index in [4.69, 9.17) is 0 Å². The summed E-state index contributed by atoms with van der Waals surface area (Å²) in [6.07, 6.45) is 3.86. The Balaban J connectivity index is 2.15. The van der Waals surface area contributed by atoms with Crippen LogP contribution in [0.4, 0.5) is 0 Å². The fourth-order valence-corrected chi connectivity index (χ4v) is 6.46. The average molecular weight is 503 g/mol. The fourth-order valence-electron chi connectivity index (χ4n) is 4.35. The first-order chi connectivity index (χ1) is 16.0. The molecule has 0 bridgehead atoms. The van der Waals surface area contributed by atoms with E-state index in [1.165, 1.54) is 11.1 Å². The van der Waals surface area contributed by atoms with Crippen molar-refractivity contribution in [1.29, 1.82) is 0 Å². The lowest BCUT2D eigenvalue weighted by molar-refractivity contribution is 0.448. The zero-order valence-corrected chi connectivity index (χ0v) is 24.2. The maximum absolute atomic E-state index is 10.9. The van der Waals surface area contributed by atoms with Gasteiger partial charge in [-0.25, -0.2) is 0 Å². The summed E-state index contributed by atoms with van der Waals surface area (Å²) in [4.78, 5) is 1.99. The van der Waals surface area contributed by atoms with Gasteiger partial charge in [0, 0.05) is 21.3 Å². The molecule has 0 fully saturated rings. The van der Waals surface area contributed by atoms with Crippen molar-refractivity contribution in [2.75, 3.05) is 11.5 Å². The molecule has 2 N–H and O–H groups in total. The number of rotatable bonds is 13. The van der Waals surface area contributed by atoms with Crippen LogP contribution >= 0.6 is 23.5 Å². The predicted octanol–water partition coefficient (Wildman–Crippen LogP) is 8.78. The largest absolute Gasteiger partial charge is 0.506 e. The highest BCUT2D eigenvalue weighted by atomic mass is 32.2. The van der Waals surface area contributed by atoms with Crippen LogP contribution in [0.5, 0.6) is 11.5 Å². The number of hydrogen-bond donors (Lipinski definition) is 2. The fraction of sp³-hybridized carbons (Fsp3) is 0.600. The molecule has 0 aliphatic rings. The Kier molecular flexibility index (Phi) is 11.7. The maximum Gasteiger partial charge on any atom is 0.132 e. The second kappa shape index (κ2) is 13.7. The Morgan fingerprint density at radius 3 is 1.15 bits per heavy atom. The first-order valence-corrected chi connectivity index (χ1v) is 14.9. The molecule has 4 heteroatoms. The van der Waals surface area contributed by atoms with Gasteiger partial charge in [0.2, 0.25) is 0 Å². The third kappa shape index (κ3) is 9.41. The lowest BCUT2D eigenvalue weighted by Crippen LogP contribution is -2.01. The van der Waals surface area contributed by atoms with Crippen LogP contribution in [0, 0.1) is 23.7 Å². The standard InChI is InChI=1S/C30H46O2S2/c1-19(2)11-23-15-25(13-21(5)6)29(31)27(17-23)33-9-10-34-28-18-24(12-20(3)4)16-26(30(28)32)14-22(7)8/h15-22,31-32H,9-14H2,1-8H3. The second-order valence-electron chi connectivity index (χ2n) is 11.3. The highest BCUT2D eigenvalue weighted by molar-refractivity contribution is 8.03. The van der Waals surface area contributed by atoms with Crippen molar-refractivity contribution in [1.82, 2.24) is 0 Å². The lowest BCUT2D eigenvalue weighted by atomic mass is 9.96. The van der Waals surface area contributed by atoms with Crippen LogP contribution in [0.2, 0.25) is 0 Å². The minimum Gasteiger partial charge on any atom is -0.506 e. The van der Waals surface area contributed by atoms with Gasteiger partial charge < -0.3 is 10.2 Å². The van der Waals surface area contributed by atoms with Gasteiger partial charge in [0.05, 0.1) is 0 Å². The molecule has 0 aliphatic carbocycles. The minimum absolute atomic E-state index is 0.456. The van der Waals surface area contributed by atoms with E-state index >= 15 is 0 Å². The molecule has 2 rings (SSSR count). The topological polar surface area (TPSA) is 40.5 Å². The van der Waals surface area contributed by atoms with Crippen LogP contribution in [0.25, 0.3) is 0 Å². The van der Waals surface area contributed by atoms with Crippen molar-refractivity contribution in [2.45, 2.75) is 90.9 Å². The van der Waals surface area contributed by atoms with E-state index in [9.17, 15) is 10.2 Å². The first kappa shape index (κ1) is 29.0. The van der Waals surface area contributed by atoms with Gasteiger partial charge in [0.15, 0.2) is 0 Å². The van der Waals surface area contributed by atoms with E-state index in [0.29, 0.717) is 35.2 Å². The third-order valence-electron chi connectivity index (χ3n) is 5.57. The van der Waals surface area contributed by atoms with Crippen LogP contribution in [0.15, 0.2) is 34.1 Å². The van der Waals surface area contributed by atoms with Gasteiger partial charge in [0.25, 0.3) is 0 Å². The van der Waals surface area contributed by atoms with Crippen LogP contribution < -0.4 is 0 Å². The van der Waals surface area contributed by atoms with Crippen LogP contribution in [0.3, 0.4) is 0 Å². The average Bonchev–Trinajstić information content (AvgIpc) is 2.69.